The second-order valence-corrected chi connectivity index (χ2v) is 10.9. The second-order valence-electron chi connectivity index (χ2n) is 10.9. The third-order valence-electron chi connectivity index (χ3n) is 7.63. The summed E-state index contributed by atoms with van der Waals surface area (Å²) in [5.74, 6) is 0.883. The topological polar surface area (TPSA) is 40.5 Å². The zero-order chi connectivity index (χ0) is 22.6. The highest BCUT2D eigenvalue weighted by molar-refractivity contribution is 6.44. The summed E-state index contributed by atoms with van der Waals surface area (Å²) in [4.78, 5) is 0. The van der Waals surface area contributed by atoms with Gasteiger partial charge < -0.3 is 10.2 Å². The van der Waals surface area contributed by atoms with E-state index in [1.807, 2.05) is 32.0 Å². The van der Waals surface area contributed by atoms with E-state index in [1.54, 1.807) is 13.8 Å². The van der Waals surface area contributed by atoms with Crippen LogP contribution in [0.3, 0.4) is 0 Å². The highest BCUT2D eigenvalue weighted by atomic mass is 16.3. The van der Waals surface area contributed by atoms with Crippen LogP contribution in [-0.2, 0) is 10.8 Å². The van der Waals surface area contributed by atoms with Crippen molar-refractivity contribution in [1.82, 2.24) is 0 Å². The Hall–Kier alpha value is -1.51. The van der Waals surface area contributed by atoms with Gasteiger partial charge in [-0.15, -0.1) is 0 Å². The molecule has 4 radical (unpaired) electrons. The van der Waals surface area contributed by atoms with Gasteiger partial charge in [0.2, 0.25) is 0 Å². The summed E-state index contributed by atoms with van der Waals surface area (Å²) < 4.78 is 0. The van der Waals surface area contributed by atoms with Crippen molar-refractivity contribution in [3.8, 4) is 11.1 Å². The summed E-state index contributed by atoms with van der Waals surface area (Å²) in [5, 5.41) is 19.8. The van der Waals surface area contributed by atoms with Crippen molar-refractivity contribution < 1.29 is 10.2 Å². The van der Waals surface area contributed by atoms with Crippen molar-refractivity contribution in [3.63, 3.8) is 0 Å². The first-order chi connectivity index (χ1) is 14.4. The molecule has 2 aromatic rings. The summed E-state index contributed by atoms with van der Waals surface area (Å²) in [6.45, 7) is 7.45. The molecule has 0 aromatic heterocycles. The van der Waals surface area contributed by atoms with Crippen LogP contribution in [0.2, 0.25) is 0 Å². The highest BCUT2D eigenvalue weighted by Crippen LogP contribution is 2.48. The van der Waals surface area contributed by atoms with Gasteiger partial charge in [-0.1, -0.05) is 54.5 Å². The Morgan fingerprint density at radius 1 is 0.806 bits per heavy atom. The van der Waals surface area contributed by atoms with E-state index in [0.717, 1.165) is 66.3 Å². The van der Waals surface area contributed by atoms with Gasteiger partial charge in [-0.3, -0.25) is 0 Å². The summed E-state index contributed by atoms with van der Waals surface area (Å²) in [6.07, 6.45) is 6.66. The van der Waals surface area contributed by atoms with E-state index in [-0.39, 0.29) is 0 Å². The van der Waals surface area contributed by atoms with E-state index in [9.17, 15) is 10.2 Å². The number of aliphatic hydroxyl groups is 2. The average Bonchev–Trinajstić information content (AvgIpc) is 2.87. The fourth-order valence-electron chi connectivity index (χ4n) is 5.59. The van der Waals surface area contributed by atoms with Gasteiger partial charge in [0.1, 0.15) is 0 Å². The second kappa shape index (κ2) is 7.81. The summed E-state index contributed by atoms with van der Waals surface area (Å²) in [6, 6.07) is 12.6. The van der Waals surface area contributed by atoms with Crippen LogP contribution >= 0.6 is 0 Å². The lowest BCUT2D eigenvalue weighted by Gasteiger charge is -2.33. The molecule has 0 aliphatic heterocycles. The summed E-state index contributed by atoms with van der Waals surface area (Å²) >= 11 is 0. The predicted molar refractivity (Wildman–Crippen MR) is 130 cm³/mol. The van der Waals surface area contributed by atoms with Gasteiger partial charge in [0.05, 0.1) is 26.9 Å². The van der Waals surface area contributed by atoms with Crippen LogP contribution in [0.5, 0.6) is 0 Å². The van der Waals surface area contributed by atoms with Crippen LogP contribution in [0.15, 0.2) is 36.4 Å². The zero-order valence-electron chi connectivity index (χ0n) is 19.4. The van der Waals surface area contributed by atoms with E-state index < -0.39 is 16.4 Å². The van der Waals surface area contributed by atoms with Crippen molar-refractivity contribution >= 4 is 15.7 Å². The molecule has 2 nitrogen and oxygen atoms in total. The molecule has 2 aliphatic carbocycles. The Kier molecular flexibility index (Phi) is 5.72. The lowest BCUT2D eigenvalue weighted by Crippen LogP contribution is -2.31. The largest absolute Gasteiger partial charge is 0.390 e. The molecule has 160 valence electrons. The van der Waals surface area contributed by atoms with Crippen LogP contribution in [0.25, 0.3) is 11.1 Å². The Morgan fingerprint density at radius 3 is 1.90 bits per heavy atom. The van der Waals surface area contributed by atoms with Gasteiger partial charge in [-0.2, -0.15) is 0 Å². The normalized spacial score (nSPS) is 23.5. The predicted octanol–water partition coefficient (Wildman–Crippen LogP) is 5.26. The van der Waals surface area contributed by atoms with Crippen molar-refractivity contribution in [1.29, 1.82) is 0 Å². The van der Waals surface area contributed by atoms with Crippen molar-refractivity contribution in [2.45, 2.75) is 88.6 Å². The molecule has 1 saturated carbocycles. The minimum Gasteiger partial charge on any atom is -0.390 e. The highest BCUT2D eigenvalue weighted by Gasteiger charge is 2.36. The Morgan fingerprint density at radius 2 is 1.35 bits per heavy atom. The molecule has 0 saturated heterocycles. The number of hydrogen-bond donors (Lipinski definition) is 2. The van der Waals surface area contributed by atoms with E-state index in [4.69, 9.17) is 15.7 Å². The molecule has 31 heavy (non-hydrogen) atoms. The maximum atomic E-state index is 10.4. The molecule has 4 heteroatoms. The molecule has 4 rings (SSSR count). The SMILES string of the molecule is [B]C1([B])c2cc(C3CCCC(C(C)(C)O)CCC3)ccc2-c2ccc(C(C)(C)O)cc21. The zero-order valence-corrected chi connectivity index (χ0v) is 19.4. The first-order valence-corrected chi connectivity index (χ1v) is 11.7. The molecule has 0 heterocycles. The molecule has 1 fully saturated rings. The molecule has 2 N–H and O–H groups in total. The average molecular weight is 412 g/mol. The van der Waals surface area contributed by atoms with Crippen LogP contribution in [0, 0.1) is 5.92 Å². The minimum absolute atomic E-state index is 0.383. The molecule has 0 spiro atoms. The maximum absolute atomic E-state index is 10.4. The molecule has 0 atom stereocenters. The maximum Gasteiger partial charge on any atom is 0.0840 e. The fourth-order valence-corrected chi connectivity index (χ4v) is 5.59. The lowest BCUT2D eigenvalue weighted by molar-refractivity contribution is 0.00492. The molecular weight excluding hydrogens is 378 g/mol. The van der Waals surface area contributed by atoms with Gasteiger partial charge in [0.25, 0.3) is 0 Å². The first-order valence-electron chi connectivity index (χ1n) is 11.7. The van der Waals surface area contributed by atoms with Gasteiger partial charge in [0, 0.05) is 0 Å². The Labute approximate surface area is 190 Å². The Bertz CT molecular complexity index is 956. The van der Waals surface area contributed by atoms with Gasteiger partial charge in [0.15, 0.2) is 0 Å². The minimum atomic E-state index is -1.06. The van der Waals surface area contributed by atoms with Crippen molar-refractivity contribution in [2.24, 2.45) is 5.92 Å². The lowest BCUT2D eigenvalue weighted by atomic mass is 9.49. The van der Waals surface area contributed by atoms with Crippen LogP contribution in [0.4, 0.5) is 0 Å². The quantitative estimate of drug-likeness (QED) is 0.676. The Balaban J connectivity index is 1.61. The molecular formula is C27H34B2O2. The number of benzene rings is 2. The molecule has 0 unspecified atom stereocenters. The van der Waals surface area contributed by atoms with E-state index >= 15 is 0 Å². The van der Waals surface area contributed by atoms with Crippen molar-refractivity contribution in [2.75, 3.05) is 0 Å². The van der Waals surface area contributed by atoms with Crippen LogP contribution in [-0.4, -0.2) is 31.5 Å². The molecule has 2 aliphatic rings. The van der Waals surface area contributed by atoms with Crippen LogP contribution in [0.1, 0.15) is 94.4 Å². The monoisotopic (exact) mass is 412 g/mol. The first kappa shape index (κ1) is 22.7. The van der Waals surface area contributed by atoms with Gasteiger partial charge in [-0.05, 0) is 98.6 Å². The molecule has 0 amide bonds. The fraction of sp³-hybridized carbons (Fsp3) is 0.556. The number of rotatable bonds is 3. The summed E-state index contributed by atoms with van der Waals surface area (Å²) in [5.41, 5.74) is 4.62. The van der Waals surface area contributed by atoms with Crippen molar-refractivity contribution in [3.05, 3.63) is 58.7 Å². The van der Waals surface area contributed by atoms with Gasteiger partial charge >= 0.3 is 0 Å². The van der Waals surface area contributed by atoms with E-state index in [1.165, 1.54) is 5.56 Å². The smallest absolute Gasteiger partial charge is 0.0840 e. The van der Waals surface area contributed by atoms with Gasteiger partial charge in [-0.25, -0.2) is 0 Å². The standard InChI is InChI=1S/C27H34B2O2/c1-25(2,30)19-9-5-7-17(8-6-10-19)18-11-13-21-22-14-12-20(26(3,4)31)16-24(22)27(28,29)23(21)15-18/h11-17,19,30-31H,5-10H2,1-4H3. The number of fused-ring (bicyclic) bond motifs is 3. The third-order valence-corrected chi connectivity index (χ3v) is 7.63. The molecule has 0 bridgehead atoms. The number of hydrogen-bond acceptors (Lipinski definition) is 2. The molecule has 2 aromatic carbocycles. The van der Waals surface area contributed by atoms with E-state index in [0.29, 0.717) is 11.8 Å². The van der Waals surface area contributed by atoms with Crippen LogP contribution < -0.4 is 0 Å². The summed E-state index contributed by atoms with van der Waals surface area (Å²) in [7, 11) is 13.4. The third kappa shape index (κ3) is 4.26. The van der Waals surface area contributed by atoms with E-state index in [2.05, 4.69) is 18.2 Å².